The Hall–Kier alpha value is -2.68. The lowest BCUT2D eigenvalue weighted by Crippen LogP contribution is -2.47. The third-order valence-electron chi connectivity index (χ3n) is 4.94. The molecule has 2 aromatic carbocycles. The van der Waals surface area contributed by atoms with E-state index < -0.39 is 13.0 Å². The van der Waals surface area contributed by atoms with Crippen LogP contribution < -0.4 is 16.5 Å². The molecule has 4 N–H and O–H groups in total. The van der Waals surface area contributed by atoms with Gasteiger partial charge in [-0.05, 0) is 33.6 Å². The summed E-state index contributed by atoms with van der Waals surface area (Å²) in [7, 11) is -0.882. The monoisotopic (exact) mass is 392 g/mol. The van der Waals surface area contributed by atoms with E-state index in [0.717, 1.165) is 27.5 Å². The number of ketones is 1. The zero-order valence-corrected chi connectivity index (χ0v) is 16.2. The van der Waals surface area contributed by atoms with Crippen LogP contribution in [-0.2, 0) is 11.2 Å². The molecule has 142 valence electrons. The van der Waals surface area contributed by atoms with E-state index in [0.29, 0.717) is 11.9 Å². The molecule has 0 aliphatic carbocycles. The van der Waals surface area contributed by atoms with Crippen LogP contribution in [0.5, 0.6) is 0 Å². The van der Waals surface area contributed by atoms with Crippen LogP contribution in [0, 0.1) is 0 Å². The van der Waals surface area contributed by atoms with Crippen LogP contribution in [0.4, 0.5) is 0 Å². The van der Waals surface area contributed by atoms with Crippen molar-refractivity contribution in [2.24, 2.45) is 10.8 Å². The molecule has 3 aromatic rings. The van der Waals surface area contributed by atoms with Gasteiger partial charge < -0.3 is 16.1 Å². The SMILES string of the molecule is NC[C@@H](C(=O)Cc1ccc2cnccc2c1)c1cccc2c1C=NNB2O.S. The van der Waals surface area contributed by atoms with Gasteiger partial charge in [0.05, 0.1) is 12.1 Å². The van der Waals surface area contributed by atoms with E-state index in [4.69, 9.17) is 5.73 Å². The number of nitrogens with one attached hydrogen (secondary N) is 1. The van der Waals surface area contributed by atoms with E-state index in [1.54, 1.807) is 18.6 Å². The number of fused-ring (bicyclic) bond motifs is 2. The molecule has 0 unspecified atom stereocenters. The average Bonchev–Trinajstić information content (AvgIpc) is 2.69. The van der Waals surface area contributed by atoms with Crippen LogP contribution in [0.25, 0.3) is 10.8 Å². The van der Waals surface area contributed by atoms with Gasteiger partial charge in [0.25, 0.3) is 0 Å². The molecule has 0 fully saturated rings. The molecule has 0 saturated carbocycles. The number of Topliss-reactive ketones (excluding diaryl/α,β-unsaturated/α-hetero) is 1. The number of hydrogen-bond acceptors (Lipinski definition) is 6. The molecule has 2 heterocycles. The van der Waals surface area contributed by atoms with E-state index in [-0.39, 0.29) is 25.8 Å². The highest BCUT2D eigenvalue weighted by Crippen LogP contribution is 2.22. The summed E-state index contributed by atoms with van der Waals surface area (Å²) in [4.78, 5) is 17.1. The first kappa shape index (κ1) is 20.1. The lowest BCUT2D eigenvalue weighted by atomic mass is 9.69. The molecule has 6 nitrogen and oxygen atoms in total. The minimum atomic E-state index is -0.882. The molecule has 0 spiro atoms. The lowest BCUT2D eigenvalue weighted by Gasteiger charge is -2.22. The second kappa shape index (κ2) is 8.56. The summed E-state index contributed by atoms with van der Waals surface area (Å²) in [5, 5.41) is 18.7. The molecule has 8 heteroatoms. The number of pyridine rings is 1. The van der Waals surface area contributed by atoms with Gasteiger partial charge in [0, 0.05) is 30.7 Å². The largest absolute Gasteiger partial charge is 0.464 e. The van der Waals surface area contributed by atoms with Gasteiger partial charge in [0.1, 0.15) is 5.78 Å². The third kappa shape index (κ3) is 3.80. The maximum absolute atomic E-state index is 13.0. The van der Waals surface area contributed by atoms with Gasteiger partial charge in [-0.25, -0.2) is 0 Å². The molecule has 0 saturated heterocycles. The van der Waals surface area contributed by atoms with Crippen LogP contribution in [-0.4, -0.2) is 35.6 Å². The fourth-order valence-electron chi connectivity index (χ4n) is 3.53. The van der Waals surface area contributed by atoms with Crippen molar-refractivity contribution in [1.29, 1.82) is 0 Å². The summed E-state index contributed by atoms with van der Waals surface area (Å²) in [5.74, 6) is -0.412. The van der Waals surface area contributed by atoms with E-state index in [1.807, 2.05) is 42.5 Å². The van der Waals surface area contributed by atoms with Crippen molar-refractivity contribution in [1.82, 2.24) is 10.3 Å². The normalized spacial score (nSPS) is 13.4. The van der Waals surface area contributed by atoms with Gasteiger partial charge >= 0.3 is 7.05 Å². The smallest absolute Gasteiger partial charge is 0.428 e. The van der Waals surface area contributed by atoms with Crippen LogP contribution in [0.15, 0.2) is 60.0 Å². The van der Waals surface area contributed by atoms with Gasteiger partial charge in [0.15, 0.2) is 0 Å². The topological polar surface area (TPSA) is 101 Å². The first-order valence-corrected chi connectivity index (χ1v) is 8.82. The molecule has 0 radical (unpaired) electrons. The molecule has 28 heavy (non-hydrogen) atoms. The number of benzene rings is 2. The predicted molar refractivity (Wildman–Crippen MR) is 117 cm³/mol. The Morgan fingerprint density at radius 1 is 1.21 bits per heavy atom. The summed E-state index contributed by atoms with van der Waals surface area (Å²) in [6, 6.07) is 13.4. The van der Waals surface area contributed by atoms with E-state index >= 15 is 0 Å². The number of nitrogens with two attached hydrogens (primary N) is 1. The number of aromatic nitrogens is 1. The van der Waals surface area contributed by atoms with Crippen LogP contribution in [0.2, 0.25) is 0 Å². The Morgan fingerprint density at radius 2 is 2.07 bits per heavy atom. The van der Waals surface area contributed by atoms with Crippen LogP contribution in [0.3, 0.4) is 0 Å². The quantitative estimate of drug-likeness (QED) is 0.559. The van der Waals surface area contributed by atoms with Gasteiger partial charge in [0.2, 0.25) is 0 Å². The van der Waals surface area contributed by atoms with Gasteiger partial charge in [-0.3, -0.25) is 9.78 Å². The minimum Gasteiger partial charge on any atom is -0.428 e. The molecule has 4 rings (SSSR count). The molecular weight excluding hydrogens is 371 g/mol. The molecule has 0 amide bonds. The molecule has 1 aliphatic rings. The van der Waals surface area contributed by atoms with Crippen molar-refractivity contribution in [2.45, 2.75) is 12.3 Å². The van der Waals surface area contributed by atoms with E-state index in [1.165, 1.54) is 0 Å². The molecule has 1 atom stereocenters. The zero-order valence-electron chi connectivity index (χ0n) is 15.2. The fraction of sp³-hybridized carbons (Fsp3) is 0.150. The molecular formula is C20H21BN4O2S. The summed E-state index contributed by atoms with van der Waals surface area (Å²) in [6.45, 7) is 0.199. The molecule has 0 bridgehead atoms. The maximum atomic E-state index is 13.0. The van der Waals surface area contributed by atoms with Crippen LogP contribution >= 0.6 is 13.5 Å². The number of nitrogens with zero attached hydrogens (tertiary/aromatic N) is 2. The number of carbonyl (C=O) groups is 1. The van der Waals surface area contributed by atoms with Crippen molar-refractivity contribution in [3.63, 3.8) is 0 Å². The van der Waals surface area contributed by atoms with Crippen molar-refractivity contribution in [3.8, 4) is 0 Å². The van der Waals surface area contributed by atoms with Gasteiger partial charge in [-0.15, -0.1) is 0 Å². The number of hydrogen-bond donors (Lipinski definition) is 3. The standard InChI is InChI=1S/C20H19BN4O2.H2S/c22-10-17(16-2-1-3-19-18(16)12-24-25-21(19)27)20(26)9-13-4-5-15-11-23-7-6-14(15)8-13;/h1-8,11-12,17,25,27H,9-10,22H2;1H2/t17-;/m1./s1. The van der Waals surface area contributed by atoms with Crippen molar-refractivity contribution in [2.75, 3.05) is 6.54 Å². The predicted octanol–water partition coefficient (Wildman–Crippen LogP) is 0.826. The lowest BCUT2D eigenvalue weighted by molar-refractivity contribution is -0.119. The maximum Gasteiger partial charge on any atom is 0.464 e. The first-order valence-electron chi connectivity index (χ1n) is 8.82. The Balaban J connectivity index is 0.00000225. The summed E-state index contributed by atoms with van der Waals surface area (Å²) in [5.41, 5.74) is 9.17. The summed E-state index contributed by atoms with van der Waals surface area (Å²) in [6.07, 6.45) is 5.47. The number of carbonyl (C=O) groups excluding carboxylic acids is 1. The van der Waals surface area contributed by atoms with Gasteiger partial charge in [-0.2, -0.15) is 18.6 Å². The fourth-order valence-corrected chi connectivity index (χ4v) is 3.53. The number of hydrazone groups is 1. The summed E-state index contributed by atoms with van der Waals surface area (Å²) >= 11 is 0. The van der Waals surface area contributed by atoms with Crippen molar-refractivity contribution in [3.05, 3.63) is 71.5 Å². The van der Waals surface area contributed by atoms with Crippen LogP contribution in [0.1, 0.15) is 22.6 Å². The minimum absolute atomic E-state index is 0. The average molecular weight is 392 g/mol. The Bertz CT molecular complexity index is 1040. The Labute approximate surface area is 170 Å². The zero-order chi connectivity index (χ0) is 18.8. The third-order valence-corrected chi connectivity index (χ3v) is 4.94. The molecule has 1 aliphatic heterocycles. The van der Waals surface area contributed by atoms with E-state index in [2.05, 4.69) is 15.4 Å². The number of rotatable bonds is 5. The second-order valence-electron chi connectivity index (χ2n) is 6.63. The second-order valence-corrected chi connectivity index (χ2v) is 6.63. The highest BCUT2D eigenvalue weighted by Gasteiger charge is 2.28. The highest BCUT2D eigenvalue weighted by molar-refractivity contribution is 7.59. The first-order chi connectivity index (χ1) is 13.2. The Kier molecular flexibility index (Phi) is 6.13. The Morgan fingerprint density at radius 3 is 2.89 bits per heavy atom. The van der Waals surface area contributed by atoms with Crippen molar-refractivity contribution >= 4 is 48.8 Å². The molecule has 1 aromatic heterocycles. The summed E-state index contributed by atoms with van der Waals surface area (Å²) < 4.78 is 0. The van der Waals surface area contributed by atoms with E-state index in [9.17, 15) is 9.82 Å². The highest BCUT2D eigenvalue weighted by atomic mass is 32.1. The van der Waals surface area contributed by atoms with Crippen molar-refractivity contribution < 1.29 is 9.82 Å². The van der Waals surface area contributed by atoms with Gasteiger partial charge in [-0.1, -0.05) is 36.4 Å².